The van der Waals surface area contributed by atoms with Crippen LogP contribution in [0.15, 0.2) is 0 Å². The summed E-state index contributed by atoms with van der Waals surface area (Å²) in [6, 6.07) is 0. The lowest BCUT2D eigenvalue weighted by atomic mass is 10.4. The van der Waals surface area contributed by atoms with Crippen LogP contribution in [0.25, 0.3) is 0 Å². The van der Waals surface area contributed by atoms with Crippen LogP contribution in [0.4, 0.5) is 0 Å². The maximum absolute atomic E-state index is 5.41. The van der Waals surface area contributed by atoms with Crippen molar-refractivity contribution in [1.29, 1.82) is 0 Å². The van der Waals surface area contributed by atoms with Crippen molar-refractivity contribution >= 4 is 0 Å². The lowest BCUT2D eigenvalue weighted by Crippen LogP contribution is -2.40. The van der Waals surface area contributed by atoms with Gasteiger partial charge in [0, 0.05) is 39.4 Å². The van der Waals surface area contributed by atoms with Gasteiger partial charge in [0.2, 0.25) is 0 Å². The molecule has 0 saturated carbocycles. The zero-order valence-electron chi connectivity index (χ0n) is 10.5. The van der Waals surface area contributed by atoms with E-state index in [1.807, 2.05) is 0 Å². The summed E-state index contributed by atoms with van der Waals surface area (Å²) in [6.45, 7) is 11.2. The molecule has 0 spiro atoms. The zero-order chi connectivity index (χ0) is 11.5. The van der Waals surface area contributed by atoms with Crippen molar-refractivity contribution in [2.24, 2.45) is 0 Å². The number of ether oxygens (including phenoxy) is 2. The lowest BCUT2D eigenvalue weighted by Gasteiger charge is -2.26. The number of rotatable bonds is 9. The first-order valence-electron chi connectivity index (χ1n) is 6.52. The Morgan fingerprint density at radius 2 is 2.00 bits per heavy atom. The molecule has 16 heavy (non-hydrogen) atoms. The van der Waals surface area contributed by atoms with Gasteiger partial charge in [-0.3, -0.25) is 4.90 Å². The standard InChI is InChI=1S/C12H26N2O2/c1-2-9-15-10-3-4-13-5-6-14-7-11-16-12-8-14/h13H,2-12H2,1H3. The molecule has 0 aromatic carbocycles. The molecule has 4 nitrogen and oxygen atoms in total. The van der Waals surface area contributed by atoms with Crippen LogP contribution in [0, 0.1) is 0 Å². The Bertz CT molecular complexity index is 150. The van der Waals surface area contributed by atoms with Gasteiger partial charge in [0.25, 0.3) is 0 Å². The topological polar surface area (TPSA) is 33.7 Å². The molecule has 0 radical (unpaired) electrons. The van der Waals surface area contributed by atoms with Crippen LogP contribution < -0.4 is 5.32 Å². The Hall–Kier alpha value is -0.160. The van der Waals surface area contributed by atoms with E-state index in [0.29, 0.717) is 0 Å². The molecule has 1 aliphatic rings. The molecule has 1 N–H and O–H groups in total. The summed E-state index contributed by atoms with van der Waals surface area (Å²) >= 11 is 0. The highest BCUT2D eigenvalue weighted by Crippen LogP contribution is 1.94. The molecule has 0 atom stereocenters. The number of nitrogens with one attached hydrogen (secondary N) is 1. The Balaban J connectivity index is 1.77. The zero-order valence-corrected chi connectivity index (χ0v) is 10.5. The van der Waals surface area contributed by atoms with Crippen molar-refractivity contribution in [3.05, 3.63) is 0 Å². The van der Waals surface area contributed by atoms with E-state index in [0.717, 1.165) is 72.0 Å². The molecular formula is C12H26N2O2. The van der Waals surface area contributed by atoms with Gasteiger partial charge >= 0.3 is 0 Å². The van der Waals surface area contributed by atoms with Crippen molar-refractivity contribution in [2.45, 2.75) is 19.8 Å². The van der Waals surface area contributed by atoms with Gasteiger partial charge in [0.1, 0.15) is 0 Å². The van der Waals surface area contributed by atoms with Gasteiger partial charge in [0.05, 0.1) is 13.2 Å². The largest absolute Gasteiger partial charge is 0.381 e. The van der Waals surface area contributed by atoms with Crippen molar-refractivity contribution in [3.63, 3.8) is 0 Å². The van der Waals surface area contributed by atoms with Crippen molar-refractivity contribution in [3.8, 4) is 0 Å². The van der Waals surface area contributed by atoms with Gasteiger partial charge < -0.3 is 14.8 Å². The summed E-state index contributed by atoms with van der Waals surface area (Å²) in [4.78, 5) is 2.45. The first-order valence-corrected chi connectivity index (χ1v) is 6.52. The maximum Gasteiger partial charge on any atom is 0.0594 e. The number of morpholine rings is 1. The molecule has 1 saturated heterocycles. The van der Waals surface area contributed by atoms with Crippen molar-refractivity contribution in [2.75, 3.05) is 59.2 Å². The third-order valence-electron chi connectivity index (χ3n) is 2.70. The summed E-state index contributed by atoms with van der Waals surface area (Å²) in [5.74, 6) is 0. The molecule has 1 rings (SSSR count). The Kier molecular flexibility index (Phi) is 8.71. The van der Waals surface area contributed by atoms with E-state index in [1.54, 1.807) is 0 Å². The third-order valence-corrected chi connectivity index (χ3v) is 2.70. The molecule has 0 unspecified atom stereocenters. The van der Waals surface area contributed by atoms with Gasteiger partial charge in [-0.15, -0.1) is 0 Å². The fourth-order valence-corrected chi connectivity index (χ4v) is 1.73. The van der Waals surface area contributed by atoms with E-state index in [-0.39, 0.29) is 0 Å². The molecule has 96 valence electrons. The van der Waals surface area contributed by atoms with Crippen LogP contribution >= 0.6 is 0 Å². The molecule has 0 aliphatic carbocycles. The van der Waals surface area contributed by atoms with Crippen LogP contribution in [-0.2, 0) is 9.47 Å². The van der Waals surface area contributed by atoms with Crippen LogP contribution in [0.2, 0.25) is 0 Å². The summed E-state index contributed by atoms with van der Waals surface area (Å²) < 4.78 is 10.7. The highest BCUT2D eigenvalue weighted by molar-refractivity contribution is 4.62. The van der Waals surface area contributed by atoms with Crippen molar-refractivity contribution < 1.29 is 9.47 Å². The molecule has 1 aliphatic heterocycles. The number of hydrogen-bond donors (Lipinski definition) is 1. The fourth-order valence-electron chi connectivity index (χ4n) is 1.73. The van der Waals surface area contributed by atoms with E-state index in [9.17, 15) is 0 Å². The summed E-state index contributed by atoms with van der Waals surface area (Å²) in [5.41, 5.74) is 0. The second-order valence-corrected chi connectivity index (χ2v) is 4.17. The quantitative estimate of drug-likeness (QED) is 0.592. The van der Waals surface area contributed by atoms with Gasteiger partial charge in [-0.05, 0) is 19.4 Å². The first kappa shape index (κ1) is 13.9. The third kappa shape index (κ3) is 7.17. The van der Waals surface area contributed by atoms with Gasteiger partial charge in [-0.1, -0.05) is 6.92 Å². The molecule has 0 aromatic rings. The van der Waals surface area contributed by atoms with Gasteiger partial charge in [-0.2, -0.15) is 0 Å². The Labute approximate surface area is 99.3 Å². The van der Waals surface area contributed by atoms with Crippen molar-refractivity contribution in [1.82, 2.24) is 10.2 Å². The summed E-state index contributed by atoms with van der Waals surface area (Å²) in [5, 5.41) is 3.45. The highest BCUT2D eigenvalue weighted by Gasteiger charge is 2.08. The highest BCUT2D eigenvalue weighted by atomic mass is 16.5. The van der Waals surface area contributed by atoms with E-state index >= 15 is 0 Å². The summed E-state index contributed by atoms with van der Waals surface area (Å²) in [7, 11) is 0. The summed E-state index contributed by atoms with van der Waals surface area (Å²) in [6.07, 6.45) is 2.23. The minimum atomic E-state index is 0.887. The molecule has 0 amide bonds. The molecule has 4 heteroatoms. The molecule has 1 heterocycles. The molecule has 0 aromatic heterocycles. The predicted octanol–water partition coefficient (Wildman–Crippen LogP) is 0.725. The normalized spacial score (nSPS) is 17.8. The van der Waals surface area contributed by atoms with E-state index in [2.05, 4.69) is 17.1 Å². The SMILES string of the molecule is CCCOCCCNCCN1CCOCC1. The minimum absolute atomic E-state index is 0.887. The van der Waals surface area contributed by atoms with Crippen LogP contribution in [0.1, 0.15) is 19.8 Å². The first-order chi connectivity index (χ1) is 7.93. The molecular weight excluding hydrogens is 204 g/mol. The minimum Gasteiger partial charge on any atom is -0.381 e. The van der Waals surface area contributed by atoms with E-state index in [4.69, 9.17) is 9.47 Å². The van der Waals surface area contributed by atoms with Crippen LogP contribution in [0.3, 0.4) is 0 Å². The monoisotopic (exact) mass is 230 g/mol. The Morgan fingerprint density at radius 3 is 2.75 bits per heavy atom. The average Bonchev–Trinajstić information content (AvgIpc) is 2.34. The van der Waals surface area contributed by atoms with Crippen LogP contribution in [0.5, 0.6) is 0 Å². The second kappa shape index (κ2) is 10.0. The van der Waals surface area contributed by atoms with Crippen LogP contribution in [-0.4, -0.2) is 64.1 Å². The maximum atomic E-state index is 5.41. The number of hydrogen-bond acceptors (Lipinski definition) is 4. The van der Waals surface area contributed by atoms with Gasteiger partial charge in [0.15, 0.2) is 0 Å². The predicted molar refractivity (Wildman–Crippen MR) is 65.9 cm³/mol. The smallest absolute Gasteiger partial charge is 0.0594 e. The molecule has 0 bridgehead atoms. The van der Waals surface area contributed by atoms with E-state index in [1.165, 1.54) is 0 Å². The average molecular weight is 230 g/mol. The Morgan fingerprint density at radius 1 is 1.19 bits per heavy atom. The lowest BCUT2D eigenvalue weighted by molar-refractivity contribution is 0.0384. The molecule has 1 fully saturated rings. The fraction of sp³-hybridized carbons (Fsp3) is 1.00. The number of nitrogens with zero attached hydrogens (tertiary/aromatic N) is 1. The van der Waals surface area contributed by atoms with E-state index < -0.39 is 0 Å². The van der Waals surface area contributed by atoms with Gasteiger partial charge in [-0.25, -0.2) is 0 Å². The second-order valence-electron chi connectivity index (χ2n) is 4.17.